The van der Waals surface area contributed by atoms with Crippen molar-refractivity contribution >= 4 is 5.91 Å². The zero-order chi connectivity index (χ0) is 16.8. The van der Waals surface area contributed by atoms with E-state index in [0.29, 0.717) is 19.5 Å². The molecule has 1 heterocycles. The van der Waals surface area contributed by atoms with E-state index in [9.17, 15) is 4.79 Å². The molecule has 0 saturated heterocycles. The molecular formula is C21H26N2O. The summed E-state index contributed by atoms with van der Waals surface area (Å²) in [6, 6.07) is 16.9. The minimum Gasteiger partial charge on any atom is -0.334 e. The van der Waals surface area contributed by atoms with Crippen LogP contribution in [0.25, 0.3) is 11.1 Å². The maximum atomic E-state index is 12.7. The lowest BCUT2D eigenvalue weighted by Crippen LogP contribution is -2.29. The lowest BCUT2D eigenvalue weighted by atomic mass is 9.97. The first-order valence-corrected chi connectivity index (χ1v) is 8.93. The van der Waals surface area contributed by atoms with Crippen molar-refractivity contribution in [2.75, 3.05) is 6.54 Å². The van der Waals surface area contributed by atoms with Crippen LogP contribution in [0.2, 0.25) is 0 Å². The fraction of sp³-hybridized carbons (Fsp3) is 0.381. The third kappa shape index (κ3) is 3.85. The number of nitrogens with zero attached hydrogens (tertiary/aromatic N) is 1. The van der Waals surface area contributed by atoms with Gasteiger partial charge in [0.15, 0.2) is 0 Å². The number of carbonyl (C=O) groups excluding carboxylic acids is 1. The highest BCUT2D eigenvalue weighted by Gasteiger charge is 2.21. The molecule has 0 bridgehead atoms. The maximum Gasteiger partial charge on any atom is 0.223 e. The summed E-state index contributed by atoms with van der Waals surface area (Å²) >= 11 is 0. The quantitative estimate of drug-likeness (QED) is 0.814. The van der Waals surface area contributed by atoms with Crippen LogP contribution in [-0.2, 0) is 17.9 Å². The van der Waals surface area contributed by atoms with Crippen molar-refractivity contribution in [2.45, 2.75) is 45.2 Å². The van der Waals surface area contributed by atoms with Crippen molar-refractivity contribution in [3.63, 3.8) is 0 Å². The lowest BCUT2D eigenvalue weighted by Gasteiger charge is -2.21. The van der Waals surface area contributed by atoms with Gasteiger partial charge in [0, 0.05) is 19.5 Å². The predicted octanol–water partition coefficient (Wildman–Crippen LogP) is 4.11. The number of nitrogens with two attached hydrogens (primary N) is 1. The highest BCUT2D eigenvalue weighted by molar-refractivity contribution is 5.79. The number of unbranched alkanes of at least 4 members (excludes halogenated alkanes) is 3. The average Bonchev–Trinajstić information content (AvgIpc) is 2.78. The molecule has 0 aromatic heterocycles. The molecule has 3 rings (SSSR count). The molecule has 0 aliphatic carbocycles. The van der Waals surface area contributed by atoms with Crippen LogP contribution in [0, 0.1) is 0 Å². The van der Waals surface area contributed by atoms with Crippen LogP contribution in [0.1, 0.15) is 43.2 Å². The van der Waals surface area contributed by atoms with Gasteiger partial charge >= 0.3 is 0 Å². The van der Waals surface area contributed by atoms with Gasteiger partial charge in [-0.2, -0.15) is 0 Å². The molecule has 2 aromatic rings. The predicted molar refractivity (Wildman–Crippen MR) is 98.3 cm³/mol. The van der Waals surface area contributed by atoms with Gasteiger partial charge in [0.2, 0.25) is 5.91 Å². The Labute approximate surface area is 144 Å². The first-order valence-electron chi connectivity index (χ1n) is 8.93. The molecule has 1 aliphatic rings. The van der Waals surface area contributed by atoms with E-state index in [0.717, 1.165) is 32.2 Å². The van der Waals surface area contributed by atoms with E-state index in [1.807, 2.05) is 4.90 Å². The zero-order valence-corrected chi connectivity index (χ0v) is 14.2. The van der Waals surface area contributed by atoms with Crippen LogP contribution in [0.3, 0.4) is 0 Å². The highest BCUT2D eigenvalue weighted by atomic mass is 16.2. The Morgan fingerprint density at radius 3 is 1.96 bits per heavy atom. The molecule has 1 amide bonds. The SMILES string of the molecule is NCCCCCCC(=O)N1Cc2ccccc2-c2ccccc2C1. The topological polar surface area (TPSA) is 46.3 Å². The van der Waals surface area contributed by atoms with Crippen LogP contribution in [0.15, 0.2) is 48.5 Å². The molecule has 24 heavy (non-hydrogen) atoms. The largest absolute Gasteiger partial charge is 0.334 e. The molecule has 2 aromatic carbocycles. The van der Waals surface area contributed by atoms with Gasteiger partial charge in [0.25, 0.3) is 0 Å². The van der Waals surface area contributed by atoms with Gasteiger partial charge in [-0.3, -0.25) is 4.79 Å². The van der Waals surface area contributed by atoms with Crippen molar-refractivity contribution in [1.29, 1.82) is 0 Å². The molecular weight excluding hydrogens is 296 g/mol. The average molecular weight is 322 g/mol. The van der Waals surface area contributed by atoms with Crippen LogP contribution >= 0.6 is 0 Å². The number of hydrogen-bond acceptors (Lipinski definition) is 2. The Morgan fingerprint density at radius 2 is 1.38 bits per heavy atom. The van der Waals surface area contributed by atoms with E-state index < -0.39 is 0 Å². The van der Waals surface area contributed by atoms with Crippen molar-refractivity contribution in [3.05, 3.63) is 59.7 Å². The van der Waals surface area contributed by atoms with Crippen molar-refractivity contribution < 1.29 is 4.79 Å². The summed E-state index contributed by atoms with van der Waals surface area (Å²) in [5.74, 6) is 0.259. The van der Waals surface area contributed by atoms with Gasteiger partial charge in [-0.05, 0) is 41.6 Å². The zero-order valence-electron chi connectivity index (χ0n) is 14.2. The van der Waals surface area contributed by atoms with Gasteiger partial charge < -0.3 is 10.6 Å². The van der Waals surface area contributed by atoms with Crippen LogP contribution in [0.4, 0.5) is 0 Å². The first-order chi connectivity index (χ1) is 11.8. The van der Waals surface area contributed by atoms with Crippen LogP contribution in [0.5, 0.6) is 0 Å². The fourth-order valence-electron chi connectivity index (χ4n) is 3.42. The van der Waals surface area contributed by atoms with Gasteiger partial charge in [-0.15, -0.1) is 0 Å². The minimum absolute atomic E-state index is 0.259. The molecule has 0 unspecified atom stereocenters. The molecule has 0 spiro atoms. The highest BCUT2D eigenvalue weighted by Crippen LogP contribution is 2.32. The van der Waals surface area contributed by atoms with Crippen molar-refractivity contribution in [3.8, 4) is 11.1 Å². The Bertz CT molecular complexity index is 648. The third-order valence-corrected chi connectivity index (χ3v) is 4.74. The van der Waals surface area contributed by atoms with E-state index >= 15 is 0 Å². The summed E-state index contributed by atoms with van der Waals surface area (Å²) in [4.78, 5) is 14.7. The van der Waals surface area contributed by atoms with Crippen LogP contribution in [-0.4, -0.2) is 17.4 Å². The molecule has 2 N–H and O–H groups in total. The maximum absolute atomic E-state index is 12.7. The first kappa shape index (κ1) is 16.7. The number of rotatable bonds is 6. The molecule has 126 valence electrons. The summed E-state index contributed by atoms with van der Waals surface area (Å²) in [5, 5.41) is 0. The normalized spacial score (nSPS) is 13.1. The molecule has 1 aliphatic heterocycles. The Kier molecular flexibility index (Phi) is 5.65. The van der Waals surface area contributed by atoms with E-state index in [1.165, 1.54) is 22.3 Å². The van der Waals surface area contributed by atoms with Gasteiger partial charge in [-0.1, -0.05) is 61.4 Å². The smallest absolute Gasteiger partial charge is 0.223 e. The summed E-state index contributed by atoms with van der Waals surface area (Å²) < 4.78 is 0. The molecule has 0 radical (unpaired) electrons. The molecule has 3 nitrogen and oxygen atoms in total. The van der Waals surface area contributed by atoms with Crippen LogP contribution < -0.4 is 5.73 Å². The molecule has 0 saturated carbocycles. The van der Waals surface area contributed by atoms with E-state index in [4.69, 9.17) is 5.73 Å². The number of fused-ring (bicyclic) bond motifs is 3. The van der Waals surface area contributed by atoms with E-state index in [1.54, 1.807) is 0 Å². The van der Waals surface area contributed by atoms with Gasteiger partial charge in [-0.25, -0.2) is 0 Å². The van der Waals surface area contributed by atoms with Crippen molar-refractivity contribution in [1.82, 2.24) is 4.90 Å². The summed E-state index contributed by atoms with van der Waals surface area (Å²) in [6.07, 6.45) is 4.85. The summed E-state index contributed by atoms with van der Waals surface area (Å²) in [5.41, 5.74) is 10.5. The van der Waals surface area contributed by atoms with Gasteiger partial charge in [0.05, 0.1) is 0 Å². The van der Waals surface area contributed by atoms with E-state index in [2.05, 4.69) is 48.5 Å². The van der Waals surface area contributed by atoms with Crippen molar-refractivity contribution in [2.24, 2.45) is 5.73 Å². The van der Waals surface area contributed by atoms with E-state index in [-0.39, 0.29) is 5.91 Å². The lowest BCUT2D eigenvalue weighted by molar-refractivity contribution is -0.132. The Balaban J connectivity index is 1.74. The fourth-order valence-corrected chi connectivity index (χ4v) is 3.42. The molecule has 3 heteroatoms. The standard InChI is InChI=1S/C21H26N2O/c22-14-8-2-1-3-13-21(24)23-15-17-9-4-6-11-19(17)20-12-7-5-10-18(20)16-23/h4-7,9-12H,1-3,8,13-16,22H2. The second kappa shape index (κ2) is 8.11. The second-order valence-corrected chi connectivity index (χ2v) is 6.52. The molecule has 0 atom stereocenters. The molecule has 0 fully saturated rings. The minimum atomic E-state index is 0.259. The second-order valence-electron chi connectivity index (χ2n) is 6.52. The third-order valence-electron chi connectivity index (χ3n) is 4.74. The number of hydrogen-bond donors (Lipinski definition) is 1. The number of carbonyl (C=O) groups is 1. The number of amides is 1. The summed E-state index contributed by atoms with van der Waals surface area (Å²) in [7, 11) is 0. The monoisotopic (exact) mass is 322 g/mol. The Morgan fingerprint density at radius 1 is 0.833 bits per heavy atom. The van der Waals surface area contributed by atoms with Gasteiger partial charge in [0.1, 0.15) is 0 Å². The number of benzene rings is 2. The Hall–Kier alpha value is -2.13. The summed E-state index contributed by atoms with van der Waals surface area (Å²) in [6.45, 7) is 2.15.